The lowest BCUT2D eigenvalue weighted by molar-refractivity contribution is -0.119. The van der Waals surface area contributed by atoms with Crippen molar-refractivity contribution in [2.24, 2.45) is 16.0 Å². The molecule has 1 unspecified atom stereocenters. The van der Waals surface area contributed by atoms with Crippen molar-refractivity contribution >= 4 is 34.7 Å². The predicted octanol–water partition coefficient (Wildman–Crippen LogP) is 4.06. The second-order valence-electron chi connectivity index (χ2n) is 5.98. The summed E-state index contributed by atoms with van der Waals surface area (Å²) < 4.78 is 41.3. The molecule has 9 heteroatoms. The molecule has 0 aromatic heterocycles. The summed E-state index contributed by atoms with van der Waals surface area (Å²) in [5, 5.41) is 14.0. The standard InChI is InChI=1S/C19H14F3N3O3/c1-11-15(17(26)25(24-11)12-7-3-2-4-8-12)16(19(20,21)22)23-14-10-6-5-9-13(14)18(27)28/h2-10,15H,1H3,(H,27,28). The van der Waals surface area contributed by atoms with Gasteiger partial charge in [0.15, 0.2) is 0 Å². The molecule has 0 saturated carbocycles. The molecule has 0 fully saturated rings. The fraction of sp³-hybridized carbons (Fsp3) is 0.158. The molecule has 0 radical (unpaired) electrons. The molecule has 1 aliphatic rings. The van der Waals surface area contributed by atoms with Crippen LogP contribution in [-0.2, 0) is 4.79 Å². The summed E-state index contributed by atoms with van der Waals surface area (Å²) in [4.78, 5) is 27.6. The molecule has 1 amide bonds. The Bertz CT molecular complexity index is 985. The van der Waals surface area contributed by atoms with Crippen molar-refractivity contribution < 1.29 is 27.9 Å². The number of aromatic carboxylic acids is 1. The van der Waals surface area contributed by atoms with E-state index in [4.69, 9.17) is 0 Å². The molecular formula is C19H14F3N3O3. The summed E-state index contributed by atoms with van der Waals surface area (Å²) in [6.07, 6.45) is -4.96. The fourth-order valence-electron chi connectivity index (χ4n) is 2.81. The number of amides is 1. The summed E-state index contributed by atoms with van der Waals surface area (Å²) in [5.74, 6) is -4.09. The van der Waals surface area contributed by atoms with Crippen molar-refractivity contribution in [3.05, 3.63) is 60.2 Å². The number of carboxylic acids is 1. The molecule has 28 heavy (non-hydrogen) atoms. The molecule has 144 valence electrons. The first-order valence-corrected chi connectivity index (χ1v) is 8.12. The number of nitrogens with zero attached hydrogens (tertiary/aromatic N) is 3. The smallest absolute Gasteiger partial charge is 0.430 e. The minimum absolute atomic E-state index is 0.0854. The summed E-state index contributed by atoms with van der Waals surface area (Å²) >= 11 is 0. The van der Waals surface area contributed by atoms with Gasteiger partial charge in [-0.2, -0.15) is 23.3 Å². The Labute approximate surface area is 157 Å². The molecule has 1 atom stereocenters. The number of carbonyl (C=O) groups excluding carboxylic acids is 1. The van der Waals surface area contributed by atoms with Crippen LogP contribution in [0.15, 0.2) is 64.7 Å². The average molecular weight is 389 g/mol. The van der Waals surface area contributed by atoms with Gasteiger partial charge in [-0.15, -0.1) is 0 Å². The number of hydrogen-bond acceptors (Lipinski definition) is 4. The normalized spacial score (nSPS) is 17.6. The number of aliphatic imine (C=N–C) groups is 1. The maximum atomic E-state index is 13.8. The summed E-state index contributed by atoms with van der Waals surface area (Å²) in [6.45, 7) is 1.30. The number of benzene rings is 2. The van der Waals surface area contributed by atoms with Crippen LogP contribution in [0.5, 0.6) is 0 Å². The molecule has 6 nitrogen and oxygen atoms in total. The maximum Gasteiger partial charge on any atom is 0.430 e. The molecule has 1 aliphatic heterocycles. The first-order chi connectivity index (χ1) is 13.2. The number of hydrazone groups is 1. The highest BCUT2D eigenvalue weighted by Gasteiger charge is 2.49. The van der Waals surface area contributed by atoms with Gasteiger partial charge in [0.1, 0.15) is 11.6 Å². The van der Waals surface area contributed by atoms with Gasteiger partial charge < -0.3 is 5.11 Å². The number of rotatable bonds is 4. The summed E-state index contributed by atoms with van der Waals surface area (Å²) in [6, 6.07) is 13.1. The van der Waals surface area contributed by atoms with Gasteiger partial charge >= 0.3 is 12.1 Å². The van der Waals surface area contributed by atoms with Crippen LogP contribution in [0, 0.1) is 5.92 Å². The van der Waals surface area contributed by atoms with Gasteiger partial charge in [0.05, 0.1) is 22.6 Å². The second-order valence-corrected chi connectivity index (χ2v) is 5.98. The van der Waals surface area contributed by atoms with Crippen molar-refractivity contribution in [2.45, 2.75) is 13.1 Å². The van der Waals surface area contributed by atoms with E-state index in [1.165, 1.54) is 19.1 Å². The van der Waals surface area contributed by atoms with Gasteiger partial charge in [-0.25, -0.2) is 9.79 Å². The summed E-state index contributed by atoms with van der Waals surface area (Å²) in [7, 11) is 0. The van der Waals surface area contributed by atoms with E-state index >= 15 is 0 Å². The van der Waals surface area contributed by atoms with E-state index < -0.39 is 35.2 Å². The van der Waals surface area contributed by atoms with E-state index in [0.29, 0.717) is 5.69 Å². The number of hydrogen-bond donors (Lipinski definition) is 1. The summed E-state index contributed by atoms with van der Waals surface area (Å²) in [5.41, 5.74) is -1.96. The lowest BCUT2D eigenvalue weighted by Crippen LogP contribution is -2.40. The van der Waals surface area contributed by atoms with Crippen LogP contribution < -0.4 is 5.01 Å². The van der Waals surface area contributed by atoms with Crippen molar-refractivity contribution in [1.29, 1.82) is 0 Å². The highest BCUT2D eigenvalue weighted by atomic mass is 19.4. The number of para-hydroxylation sites is 2. The zero-order valence-electron chi connectivity index (χ0n) is 14.5. The average Bonchev–Trinajstić information content (AvgIpc) is 2.94. The van der Waals surface area contributed by atoms with E-state index in [2.05, 4.69) is 10.1 Å². The van der Waals surface area contributed by atoms with E-state index in [9.17, 15) is 27.9 Å². The van der Waals surface area contributed by atoms with Crippen LogP contribution in [0.2, 0.25) is 0 Å². The molecule has 2 aromatic carbocycles. The van der Waals surface area contributed by atoms with Gasteiger partial charge in [0.2, 0.25) is 0 Å². The number of alkyl halides is 3. The molecule has 0 aliphatic carbocycles. The van der Waals surface area contributed by atoms with Gasteiger partial charge in [-0.1, -0.05) is 30.3 Å². The second kappa shape index (κ2) is 7.26. The highest BCUT2D eigenvalue weighted by molar-refractivity contribution is 6.29. The fourth-order valence-corrected chi connectivity index (χ4v) is 2.81. The first-order valence-electron chi connectivity index (χ1n) is 8.12. The van der Waals surface area contributed by atoms with Crippen LogP contribution in [0.25, 0.3) is 0 Å². The number of halogens is 3. The molecule has 3 rings (SSSR count). The Morgan fingerprint density at radius 3 is 2.32 bits per heavy atom. The Hall–Kier alpha value is -3.49. The van der Waals surface area contributed by atoms with E-state index in [0.717, 1.165) is 17.1 Å². The zero-order chi connectivity index (χ0) is 20.5. The van der Waals surface area contributed by atoms with Crippen LogP contribution >= 0.6 is 0 Å². The van der Waals surface area contributed by atoms with Crippen LogP contribution in [0.1, 0.15) is 17.3 Å². The Morgan fingerprint density at radius 2 is 1.71 bits per heavy atom. The number of carbonyl (C=O) groups is 2. The third kappa shape index (κ3) is 3.64. The van der Waals surface area contributed by atoms with Gasteiger partial charge in [-0.05, 0) is 31.2 Å². The Balaban J connectivity index is 2.09. The van der Waals surface area contributed by atoms with E-state index in [1.54, 1.807) is 30.3 Å². The van der Waals surface area contributed by atoms with Gasteiger partial charge in [0, 0.05) is 0 Å². The third-order valence-electron chi connectivity index (χ3n) is 4.07. The lowest BCUT2D eigenvalue weighted by Gasteiger charge is -2.18. The Kier molecular flexibility index (Phi) is 5.00. The van der Waals surface area contributed by atoms with E-state index in [-0.39, 0.29) is 11.4 Å². The van der Waals surface area contributed by atoms with Gasteiger partial charge in [-0.3, -0.25) is 4.79 Å². The van der Waals surface area contributed by atoms with Crippen molar-refractivity contribution in [1.82, 2.24) is 0 Å². The van der Waals surface area contributed by atoms with Crippen molar-refractivity contribution in [3.8, 4) is 0 Å². The number of anilines is 1. The minimum Gasteiger partial charge on any atom is -0.478 e. The highest BCUT2D eigenvalue weighted by Crippen LogP contribution is 2.33. The molecular weight excluding hydrogens is 375 g/mol. The van der Waals surface area contributed by atoms with Crippen molar-refractivity contribution in [2.75, 3.05) is 5.01 Å². The van der Waals surface area contributed by atoms with Gasteiger partial charge in [0.25, 0.3) is 5.91 Å². The largest absolute Gasteiger partial charge is 0.478 e. The molecule has 0 spiro atoms. The van der Waals surface area contributed by atoms with Crippen LogP contribution in [-0.4, -0.2) is 34.6 Å². The molecule has 1 heterocycles. The maximum absolute atomic E-state index is 13.8. The van der Waals surface area contributed by atoms with Crippen LogP contribution in [0.4, 0.5) is 24.5 Å². The first kappa shape index (κ1) is 19.3. The van der Waals surface area contributed by atoms with Crippen LogP contribution in [0.3, 0.4) is 0 Å². The topological polar surface area (TPSA) is 82.3 Å². The quantitative estimate of drug-likeness (QED) is 0.801. The zero-order valence-corrected chi connectivity index (χ0v) is 14.5. The lowest BCUT2D eigenvalue weighted by atomic mass is 9.97. The van der Waals surface area contributed by atoms with E-state index in [1.807, 2.05) is 0 Å². The number of carboxylic acid groups (broad SMARTS) is 1. The molecule has 0 saturated heterocycles. The molecule has 0 bridgehead atoms. The Morgan fingerprint density at radius 1 is 1.11 bits per heavy atom. The monoisotopic (exact) mass is 389 g/mol. The molecule has 1 N–H and O–H groups in total. The van der Waals surface area contributed by atoms with Crippen molar-refractivity contribution in [3.63, 3.8) is 0 Å². The third-order valence-corrected chi connectivity index (χ3v) is 4.07. The minimum atomic E-state index is -4.96. The predicted molar refractivity (Wildman–Crippen MR) is 97.1 cm³/mol. The SMILES string of the molecule is CC1=NN(c2ccccc2)C(=O)C1C(=Nc1ccccc1C(=O)O)C(F)(F)F. The molecule has 2 aromatic rings.